The summed E-state index contributed by atoms with van der Waals surface area (Å²) in [5.41, 5.74) is 0.915. The second-order valence-electron chi connectivity index (χ2n) is 5.39. The maximum absolute atomic E-state index is 11.4. The normalized spacial score (nSPS) is 27.3. The van der Waals surface area contributed by atoms with E-state index in [1.807, 2.05) is 6.92 Å². The molecule has 0 atom stereocenters. The molecule has 1 aromatic heterocycles. The van der Waals surface area contributed by atoms with Crippen molar-refractivity contribution < 1.29 is 4.21 Å². The van der Waals surface area contributed by atoms with Gasteiger partial charge in [-0.15, -0.1) is 0 Å². The molecule has 19 heavy (non-hydrogen) atoms. The molecule has 104 valence electrons. The van der Waals surface area contributed by atoms with Gasteiger partial charge in [-0.1, -0.05) is 11.6 Å². The first-order chi connectivity index (χ1) is 9.13. The molecule has 1 saturated heterocycles. The van der Waals surface area contributed by atoms with Gasteiger partial charge in [-0.2, -0.15) is 0 Å². The fourth-order valence-electron chi connectivity index (χ4n) is 2.30. The van der Waals surface area contributed by atoms with Gasteiger partial charge in [0, 0.05) is 39.8 Å². The van der Waals surface area contributed by atoms with Crippen LogP contribution in [0.4, 0.5) is 5.82 Å². The first-order valence-electron chi connectivity index (χ1n) is 6.79. The van der Waals surface area contributed by atoms with Crippen LogP contribution in [0.3, 0.4) is 0 Å². The van der Waals surface area contributed by atoms with E-state index in [4.69, 9.17) is 11.6 Å². The monoisotopic (exact) mass is 299 g/mol. The van der Waals surface area contributed by atoms with E-state index in [9.17, 15) is 4.21 Å². The van der Waals surface area contributed by atoms with Gasteiger partial charge in [0.15, 0.2) is 0 Å². The third kappa shape index (κ3) is 3.08. The van der Waals surface area contributed by atoms with Crippen LogP contribution < -0.4 is 5.32 Å². The van der Waals surface area contributed by atoms with Crippen molar-refractivity contribution in [2.24, 2.45) is 0 Å². The summed E-state index contributed by atoms with van der Waals surface area (Å²) in [6, 6.07) is 0.356. The van der Waals surface area contributed by atoms with Crippen LogP contribution in [0, 0.1) is 6.92 Å². The quantitative estimate of drug-likeness (QED) is 0.872. The highest BCUT2D eigenvalue weighted by Crippen LogP contribution is 2.39. The molecule has 0 aromatic carbocycles. The van der Waals surface area contributed by atoms with Gasteiger partial charge in [-0.25, -0.2) is 9.97 Å². The Morgan fingerprint density at radius 3 is 2.53 bits per heavy atom. The Labute approximate surface area is 120 Å². The predicted octanol–water partition coefficient (Wildman–Crippen LogP) is 2.64. The van der Waals surface area contributed by atoms with E-state index in [0.29, 0.717) is 17.1 Å². The minimum absolute atomic E-state index is 0.356. The molecule has 2 heterocycles. The summed E-state index contributed by atoms with van der Waals surface area (Å²) < 4.78 is 11.4. The molecule has 0 bridgehead atoms. The number of aromatic nitrogens is 2. The zero-order valence-corrected chi connectivity index (χ0v) is 12.6. The van der Waals surface area contributed by atoms with Crippen molar-refractivity contribution in [2.75, 3.05) is 16.8 Å². The van der Waals surface area contributed by atoms with Crippen molar-refractivity contribution in [3.8, 4) is 0 Å². The Morgan fingerprint density at radius 2 is 1.89 bits per heavy atom. The van der Waals surface area contributed by atoms with Crippen molar-refractivity contribution in [1.29, 1.82) is 0 Å². The van der Waals surface area contributed by atoms with Gasteiger partial charge in [-0.05, 0) is 32.6 Å². The lowest BCUT2D eigenvalue weighted by Crippen LogP contribution is -2.30. The third-order valence-electron chi connectivity index (χ3n) is 3.78. The maximum Gasteiger partial charge on any atom is 0.137 e. The number of nitrogens with zero attached hydrogens (tertiary/aromatic N) is 2. The largest absolute Gasteiger partial charge is 0.367 e. The average Bonchev–Trinajstić information content (AvgIpc) is 3.21. The lowest BCUT2D eigenvalue weighted by molar-refractivity contribution is 0.621. The summed E-state index contributed by atoms with van der Waals surface area (Å²) >= 11 is 6.19. The van der Waals surface area contributed by atoms with Gasteiger partial charge in [0.05, 0.1) is 0 Å². The van der Waals surface area contributed by atoms with Crippen LogP contribution in [0.25, 0.3) is 0 Å². The molecule has 0 radical (unpaired) electrons. The van der Waals surface area contributed by atoms with Crippen LogP contribution >= 0.6 is 11.6 Å². The molecule has 3 rings (SSSR count). The van der Waals surface area contributed by atoms with Gasteiger partial charge in [0.25, 0.3) is 0 Å². The Bertz CT molecular complexity index is 509. The second-order valence-corrected chi connectivity index (χ2v) is 7.44. The van der Waals surface area contributed by atoms with Crippen LogP contribution in [-0.4, -0.2) is 31.7 Å². The molecule has 1 aromatic rings. The number of halogens is 1. The predicted molar refractivity (Wildman–Crippen MR) is 78.3 cm³/mol. The smallest absolute Gasteiger partial charge is 0.137 e. The minimum Gasteiger partial charge on any atom is -0.367 e. The summed E-state index contributed by atoms with van der Waals surface area (Å²) in [5.74, 6) is 3.80. The highest BCUT2D eigenvalue weighted by atomic mass is 35.5. The second kappa shape index (κ2) is 5.37. The summed E-state index contributed by atoms with van der Waals surface area (Å²) in [7, 11) is -0.629. The van der Waals surface area contributed by atoms with E-state index >= 15 is 0 Å². The van der Waals surface area contributed by atoms with E-state index in [-0.39, 0.29) is 0 Å². The lowest BCUT2D eigenvalue weighted by Gasteiger charge is -2.24. The highest BCUT2D eigenvalue weighted by Gasteiger charge is 2.28. The van der Waals surface area contributed by atoms with Crippen molar-refractivity contribution in [1.82, 2.24) is 9.97 Å². The average molecular weight is 300 g/mol. The lowest BCUT2D eigenvalue weighted by atomic mass is 10.1. The molecule has 1 saturated carbocycles. The molecule has 1 aliphatic carbocycles. The first kappa shape index (κ1) is 13.3. The van der Waals surface area contributed by atoms with Crippen LogP contribution in [0.15, 0.2) is 0 Å². The standard InChI is InChI=1S/C13H18ClN3OS/c1-8-11(14)16-13(9-2-3-9)17-12(8)15-10-4-6-19(18)7-5-10/h9-10H,2-7H2,1H3,(H,15,16,17). The Morgan fingerprint density at radius 1 is 1.21 bits per heavy atom. The van der Waals surface area contributed by atoms with E-state index in [2.05, 4.69) is 15.3 Å². The number of hydrogen-bond donors (Lipinski definition) is 1. The fourth-order valence-corrected chi connectivity index (χ4v) is 3.78. The molecule has 2 fully saturated rings. The minimum atomic E-state index is -0.629. The third-order valence-corrected chi connectivity index (χ3v) is 5.53. The molecule has 0 unspecified atom stereocenters. The molecule has 6 heteroatoms. The fraction of sp³-hybridized carbons (Fsp3) is 0.692. The van der Waals surface area contributed by atoms with Gasteiger partial charge < -0.3 is 5.32 Å². The molecule has 1 N–H and O–H groups in total. The Kier molecular flexibility index (Phi) is 3.76. The first-order valence-corrected chi connectivity index (χ1v) is 8.65. The van der Waals surface area contributed by atoms with Crippen molar-refractivity contribution in [2.45, 2.75) is 44.6 Å². The summed E-state index contributed by atoms with van der Waals surface area (Å²) in [5, 5.41) is 4.02. The van der Waals surface area contributed by atoms with Crippen molar-refractivity contribution in [3.05, 3.63) is 16.5 Å². The molecule has 2 aliphatic rings. The molecular weight excluding hydrogens is 282 g/mol. The number of hydrogen-bond acceptors (Lipinski definition) is 4. The van der Waals surface area contributed by atoms with Gasteiger partial charge in [0.2, 0.25) is 0 Å². The number of rotatable bonds is 3. The highest BCUT2D eigenvalue weighted by molar-refractivity contribution is 7.85. The molecule has 4 nitrogen and oxygen atoms in total. The topological polar surface area (TPSA) is 54.9 Å². The molecule has 0 spiro atoms. The molecule has 0 amide bonds. The van der Waals surface area contributed by atoms with E-state index in [0.717, 1.165) is 41.6 Å². The van der Waals surface area contributed by atoms with Crippen LogP contribution in [-0.2, 0) is 10.8 Å². The molecular formula is C13H18ClN3OS. The molecule has 1 aliphatic heterocycles. The summed E-state index contributed by atoms with van der Waals surface area (Å²) in [6.07, 6.45) is 4.21. The zero-order valence-electron chi connectivity index (χ0n) is 11.0. The van der Waals surface area contributed by atoms with Crippen LogP contribution in [0.2, 0.25) is 5.15 Å². The van der Waals surface area contributed by atoms with Crippen molar-refractivity contribution >= 4 is 28.2 Å². The van der Waals surface area contributed by atoms with Gasteiger partial charge in [-0.3, -0.25) is 4.21 Å². The van der Waals surface area contributed by atoms with Crippen LogP contribution in [0.1, 0.15) is 43.0 Å². The van der Waals surface area contributed by atoms with Gasteiger partial charge in [0.1, 0.15) is 16.8 Å². The van der Waals surface area contributed by atoms with E-state index in [1.54, 1.807) is 0 Å². The van der Waals surface area contributed by atoms with Gasteiger partial charge >= 0.3 is 0 Å². The van der Waals surface area contributed by atoms with Crippen molar-refractivity contribution in [3.63, 3.8) is 0 Å². The van der Waals surface area contributed by atoms with E-state index < -0.39 is 10.8 Å². The Balaban J connectivity index is 1.77. The van der Waals surface area contributed by atoms with E-state index in [1.165, 1.54) is 12.8 Å². The van der Waals surface area contributed by atoms with Crippen LogP contribution in [0.5, 0.6) is 0 Å². The number of nitrogens with one attached hydrogen (secondary N) is 1. The maximum atomic E-state index is 11.4. The SMILES string of the molecule is Cc1c(Cl)nc(C2CC2)nc1NC1CCS(=O)CC1. The number of anilines is 1. The summed E-state index contributed by atoms with van der Waals surface area (Å²) in [4.78, 5) is 8.99. The Hall–Kier alpha value is -0.680. The zero-order chi connectivity index (χ0) is 13.4. The summed E-state index contributed by atoms with van der Waals surface area (Å²) in [6.45, 7) is 1.95.